The monoisotopic (exact) mass is 208 g/mol. The molecule has 0 saturated heterocycles. The molecule has 0 amide bonds. The molecule has 80 valence electrons. The molecule has 4 nitrogen and oxygen atoms in total. The molecule has 0 aliphatic carbocycles. The average molecular weight is 208 g/mol. The summed E-state index contributed by atoms with van der Waals surface area (Å²) in [6.07, 6.45) is -0.462. The highest BCUT2D eigenvalue weighted by molar-refractivity contribution is 5.57. The largest absolute Gasteiger partial charge is 0.464 e. The van der Waals surface area contributed by atoms with Crippen LogP contribution in [0.1, 0.15) is 16.7 Å². The summed E-state index contributed by atoms with van der Waals surface area (Å²) in [4.78, 5) is 0. The van der Waals surface area contributed by atoms with E-state index in [0.717, 1.165) is 16.7 Å². The van der Waals surface area contributed by atoms with Gasteiger partial charge in [0.05, 0.1) is 0 Å². The maximum absolute atomic E-state index is 9.39. The fourth-order valence-corrected chi connectivity index (χ4v) is 2.29. The van der Waals surface area contributed by atoms with Crippen molar-refractivity contribution < 1.29 is 19.7 Å². The summed E-state index contributed by atoms with van der Waals surface area (Å²) < 4.78 is 10.6. The number of hydrogen-bond acceptors (Lipinski definition) is 4. The number of hydrogen-bond donors (Lipinski definition) is 2. The van der Waals surface area contributed by atoms with Gasteiger partial charge in [-0.25, -0.2) is 0 Å². The van der Waals surface area contributed by atoms with E-state index in [1.54, 1.807) is 0 Å². The highest BCUT2D eigenvalue weighted by Crippen LogP contribution is 2.42. The molecule has 1 aromatic rings. The summed E-state index contributed by atoms with van der Waals surface area (Å²) in [5.74, 6) is 1.41. The van der Waals surface area contributed by atoms with Crippen molar-refractivity contribution in [3.63, 3.8) is 0 Å². The van der Waals surface area contributed by atoms with E-state index in [-0.39, 0.29) is 0 Å². The van der Waals surface area contributed by atoms with Gasteiger partial charge in [-0.05, 0) is 13.0 Å². The lowest BCUT2D eigenvalue weighted by atomic mass is 10.0. The fraction of sp³-hybridized carbons (Fsp3) is 0.455. The van der Waals surface area contributed by atoms with E-state index in [4.69, 9.17) is 9.47 Å². The topological polar surface area (TPSA) is 58.9 Å². The normalized spacial score (nSPS) is 26.9. The van der Waals surface area contributed by atoms with Gasteiger partial charge >= 0.3 is 0 Å². The zero-order valence-electron chi connectivity index (χ0n) is 8.36. The number of aliphatic hydroxyl groups excluding tert-OH is 2. The van der Waals surface area contributed by atoms with Gasteiger partial charge in [0, 0.05) is 29.5 Å². The molecule has 15 heavy (non-hydrogen) atoms. The van der Waals surface area contributed by atoms with Gasteiger partial charge < -0.3 is 19.7 Å². The van der Waals surface area contributed by atoms with Crippen LogP contribution in [0.25, 0.3) is 0 Å². The van der Waals surface area contributed by atoms with Crippen LogP contribution in [0.2, 0.25) is 0 Å². The average Bonchev–Trinajstić information content (AvgIpc) is 2.69. The molecule has 0 aromatic heterocycles. The van der Waals surface area contributed by atoms with Gasteiger partial charge in [0.15, 0.2) is 0 Å². The maximum atomic E-state index is 9.39. The van der Waals surface area contributed by atoms with Gasteiger partial charge in [-0.1, -0.05) is 0 Å². The minimum Gasteiger partial charge on any atom is -0.464 e. The third-order valence-electron chi connectivity index (χ3n) is 2.91. The maximum Gasteiger partial charge on any atom is 0.201 e. The fourth-order valence-electron chi connectivity index (χ4n) is 2.29. The van der Waals surface area contributed by atoms with Crippen LogP contribution >= 0.6 is 0 Å². The zero-order valence-corrected chi connectivity index (χ0v) is 8.36. The predicted molar refractivity (Wildman–Crippen MR) is 51.9 cm³/mol. The summed E-state index contributed by atoms with van der Waals surface area (Å²) >= 11 is 0. The van der Waals surface area contributed by atoms with Gasteiger partial charge in [0.25, 0.3) is 0 Å². The van der Waals surface area contributed by atoms with Crippen LogP contribution in [0.5, 0.6) is 11.5 Å². The zero-order chi connectivity index (χ0) is 10.6. The van der Waals surface area contributed by atoms with E-state index in [0.29, 0.717) is 24.3 Å². The van der Waals surface area contributed by atoms with E-state index in [9.17, 15) is 10.2 Å². The van der Waals surface area contributed by atoms with Gasteiger partial charge in [-0.3, -0.25) is 0 Å². The van der Waals surface area contributed by atoms with Crippen molar-refractivity contribution in [1.82, 2.24) is 0 Å². The summed E-state index contributed by atoms with van der Waals surface area (Å²) in [5.41, 5.74) is 2.86. The van der Waals surface area contributed by atoms with Crippen LogP contribution in [0.4, 0.5) is 0 Å². The first kappa shape index (κ1) is 9.00. The van der Waals surface area contributed by atoms with E-state index < -0.39 is 12.6 Å². The van der Waals surface area contributed by atoms with Gasteiger partial charge in [0.2, 0.25) is 12.6 Å². The van der Waals surface area contributed by atoms with E-state index in [1.165, 1.54) is 0 Å². The number of benzene rings is 1. The Labute approximate surface area is 87.1 Å². The Morgan fingerprint density at radius 2 is 1.53 bits per heavy atom. The summed E-state index contributed by atoms with van der Waals surface area (Å²) in [6.45, 7) is 1.88. The Bertz CT molecular complexity index is 391. The smallest absolute Gasteiger partial charge is 0.201 e. The molecule has 1 aromatic carbocycles. The van der Waals surface area contributed by atoms with Crippen molar-refractivity contribution in [2.45, 2.75) is 32.3 Å². The second-order valence-corrected chi connectivity index (χ2v) is 4.03. The first-order valence-electron chi connectivity index (χ1n) is 5.00. The lowest BCUT2D eigenvalue weighted by Gasteiger charge is -2.09. The summed E-state index contributed by atoms with van der Waals surface area (Å²) in [5, 5.41) is 18.8. The van der Waals surface area contributed by atoms with Crippen molar-refractivity contribution in [1.29, 1.82) is 0 Å². The van der Waals surface area contributed by atoms with Gasteiger partial charge in [0.1, 0.15) is 11.5 Å². The second kappa shape index (κ2) is 2.87. The molecule has 2 unspecified atom stereocenters. The number of rotatable bonds is 0. The third-order valence-corrected chi connectivity index (χ3v) is 2.91. The lowest BCUT2D eigenvalue weighted by molar-refractivity contribution is -0.00237. The Morgan fingerprint density at radius 3 is 2.00 bits per heavy atom. The second-order valence-electron chi connectivity index (χ2n) is 4.03. The van der Waals surface area contributed by atoms with Gasteiger partial charge in [-0.15, -0.1) is 0 Å². The van der Waals surface area contributed by atoms with Crippen LogP contribution in [0.15, 0.2) is 6.07 Å². The molecule has 0 spiro atoms. The van der Waals surface area contributed by atoms with Crippen molar-refractivity contribution in [3.05, 3.63) is 22.8 Å². The number of aliphatic hydroxyl groups is 2. The van der Waals surface area contributed by atoms with E-state index in [2.05, 4.69) is 0 Å². The Hall–Kier alpha value is -1.26. The Kier molecular flexibility index (Phi) is 1.72. The molecule has 2 atom stereocenters. The highest BCUT2D eigenvalue weighted by atomic mass is 16.6. The molecule has 0 saturated carbocycles. The molecular weight excluding hydrogens is 196 g/mol. The minimum atomic E-state index is -0.744. The molecule has 3 rings (SSSR count). The highest BCUT2D eigenvalue weighted by Gasteiger charge is 2.30. The van der Waals surface area contributed by atoms with Crippen LogP contribution < -0.4 is 9.47 Å². The molecule has 0 bridgehead atoms. The summed E-state index contributed by atoms with van der Waals surface area (Å²) in [6, 6.07) is 1.95. The van der Waals surface area contributed by atoms with Crippen LogP contribution in [-0.4, -0.2) is 22.8 Å². The predicted octanol–water partition coefficient (Wildman–Crippen LogP) is 0.502. The van der Waals surface area contributed by atoms with Crippen molar-refractivity contribution in [2.24, 2.45) is 0 Å². The van der Waals surface area contributed by atoms with E-state index >= 15 is 0 Å². The molecule has 2 aliphatic rings. The molecule has 0 fully saturated rings. The van der Waals surface area contributed by atoms with Crippen molar-refractivity contribution >= 4 is 0 Å². The minimum absolute atomic E-state index is 0.513. The third kappa shape index (κ3) is 1.22. The number of ether oxygens (including phenoxy) is 2. The standard InChI is InChI=1S/C11H12O4/c1-5-10-6(3-8(12)14-10)2-7-4-9(13)15-11(5)7/h2,8-9,12-13H,3-4H2,1H3. The Morgan fingerprint density at radius 1 is 1.07 bits per heavy atom. The first-order chi connectivity index (χ1) is 7.15. The lowest BCUT2D eigenvalue weighted by Crippen LogP contribution is -2.11. The van der Waals surface area contributed by atoms with Gasteiger partial charge in [-0.2, -0.15) is 0 Å². The van der Waals surface area contributed by atoms with E-state index in [1.807, 2.05) is 13.0 Å². The number of fused-ring (bicyclic) bond motifs is 2. The van der Waals surface area contributed by atoms with Crippen LogP contribution in [0, 0.1) is 6.92 Å². The molecule has 0 radical (unpaired) electrons. The molecule has 2 N–H and O–H groups in total. The van der Waals surface area contributed by atoms with Crippen molar-refractivity contribution in [2.75, 3.05) is 0 Å². The first-order valence-corrected chi connectivity index (χ1v) is 5.00. The van der Waals surface area contributed by atoms with Crippen LogP contribution in [0.3, 0.4) is 0 Å². The molecule has 4 heteroatoms. The summed E-state index contributed by atoms with van der Waals surface area (Å²) in [7, 11) is 0. The van der Waals surface area contributed by atoms with Crippen LogP contribution in [-0.2, 0) is 12.8 Å². The molecule has 2 aliphatic heterocycles. The SMILES string of the molecule is Cc1c2c(cc3c1OC(O)C3)CC(O)O2. The molecule has 2 heterocycles. The van der Waals surface area contributed by atoms with Crippen molar-refractivity contribution in [3.8, 4) is 11.5 Å². The molecular formula is C11H12O4. The Balaban J connectivity index is 2.14. The quantitative estimate of drug-likeness (QED) is 0.652.